The van der Waals surface area contributed by atoms with Crippen molar-refractivity contribution in [2.45, 2.75) is 38.7 Å². The largest absolute Gasteiger partial charge is 0.416 e. The van der Waals surface area contributed by atoms with Crippen molar-refractivity contribution in [3.63, 3.8) is 0 Å². The van der Waals surface area contributed by atoms with Crippen LogP contribution in [-0.4, -0.2) is 14.7 Å². The second kappa shape index (κ2) is 8.75. The van der Waals surface area contributed by atoms with E-state index in [1.54, 1.807) is 4.57 Å². The van der Waals surface area contributed by atoms with Gasteiger partial charge in [-0.2, -0.15) is 13.2 Å². The van der Waals surface area contributed by atoms with E-state index in [0.717, 1.165) is 17.8 Å². The highest BCUT2D eigenvalue weighted by Gasteiger charge is 2.30. The van der Waals surface area contributed by atoms with Crippen molar-refractivity contribution in [2.75, 3.05) is 5.32 Å². The summed E-state index contributed by atoms with van der Waals surface area (Å²) in [6.07, 6.45) is -4.38. The third kappa shape index (κ3) is 4.77. The Morgan fingerprint density at radius 1 is 1.12 bits per heavy atom. The van der Waals surface area contributed by atoms with Crippen LogP contribution in [0.25, 0.3) is 5.82 Å². The van der Waals surface area contributed by atoms with Crippen molar-refractivity contribution >= 4 is 23.7 Å². The molecule has 0 saturated carbocycles. The van der Waals surface area contributed by atoms with Gasteiger partial charge >= 0.3 is 6.18 Å². The molecule has 0 fully saturated rings. The molecule has 0 amide bonds. The number of anilines is 1. The first kappa shape index (κ1) is 23.7. The topological polar surface area (TPSA) is 70.1 Å². The number of hydrogen-bond donors (Lipinski definition) is 3. The summed E-state index contributed by atoms with van der Waals surface area (Å²) in [6, 6.07) is 14.4. The third-order valence-electron chi connectivity index (χ3n) is 5.56. The summed E-state index contributed by atoms with van der Waals surface area (Å²) < 4.78 is 42.8. The molecule has 0 atom stereocenters. The van der Waals surface area contributed by atoms with Crippen LogP contribution in [0, 0.1) is 10.0 Å². The molecule has 34 heavy (non-hydrogen) atoms. The van der Waals surface area contributed by atoms with Gasteiger partial charge in [0.15, 0.2) is 0 Å². The molecule has 3 aromatic rings. The van der Waals surface area contributed by atoms with Crippen molar-refractivity contribution in [3.05, 3.63) is 86.7 Å². The number of benzene rings is 2. The van der Waals surface area contributed by atoms with E-state index in [0.29, 0.717) is 33.4 Å². The molecule has 2 heterocycles. The average molecular weight is 487 g/mol. The predicted octanol–water partition coefficient (Wildman–Crippen LogP) is 3.43. The van der Waals surface area contributed by atoms with Gasteiger partial charge in [-0.05, 0) is 43.7 Å². The van der Waals surface area contributed by atoms with Crippen LogP contribution in [0.2, 0.25) is 0 Å². The van der Waals surface area contributed by atoms with Crippen molar-refractivity contribution in [1.29, 1.82) is 5.41 Å². The van der Waals surface area contributed by atoms with Crippen LogP contribution >= 0.6 is 12.2 Å². The van der Waals surface area contributed by atoms with Crippen LogP contribution < -0.4 is 27.0 Å². The fourth-order valence-corrected chi connectivity index (χ4v) is 4.12. The number of fused-ring (bicyclic) bond motifs is 1. The van der Waals surface area contributed by atoms with Crippen molar-refractivity contribution < 1.29 is 13.2 Å². The Bertz CT molecular complexity index is 1450. The molecular formula is C24H25F3N6S. The van der Waals surface area contributed by atoms with E-state index in [4.69, 9.17) is 22.6 Å². The van der Waals surface area contributed by atoms with E-state index >= 15 is 0 Å². The SMILES string of the molecule is Cn1c(=S)/c(=C(/NCc2ccc(C(F)(F)F)cc2)Nc2ccccc2)c(=N)n2c1=NC(C)(C)C2. The molecule has 0 bridgehead atoms. The maximum Gasteiger partial charge on any atom is 0.416 e. The van der Waals surface area contributed by atoms with Crippen LogP contribution in [0.1, 0.15) is 25.0 Å². The molecule has 1 aliphatic heterocycles. The van der Waals surface area contributed by atoms with Gasteiger partial charge in [0.1, 0.15) is 15.9 Å². The summed E-state index contributed by atoms with van der Waals surface area (Å²) in [7, 11) is 1.82. The number of rotatable bonds is 5. The van der Waals surface area contributed by atoms with Gasteiger partial charge in [-0.25, -0.2) is 4.99 Å². The van der Waals surface area contributed by atoms with Crippen LogP contribution in [0.15, 0.2) is 59.6 Å². The fraction of sp³-hybridized carbons (Fsp3) is 0.292. The van der Waals surface area contributed by atoms with Gasteiger partial charge in [0.2, 0.25) is 5.62 Å². The lowest BCUT2D eigenvalue weighted by atomic mass is 10.1. The smallest absolute Gasteiger partial charge is 0.367 e. The Morgan fingerprint density at radius 3 is 2.38 bits per heavy atom. The molecule has 0 unspecified atom stereocenters. The minimum absolute atomic E-state index is 0.214. The maximum atomic E-state index is 12.9. The predicted molar refractivity (Wildman–Crippen MR) is 127 cm³/mol. The maximum absolute atomic E-state index is 12.9. The Morgan fingerprint density at radius 2 is 1.76 bits per heavy atom. The van der Waals surface area contributed by atoms with E-state index in [2.05, 4.69) is 10.6 Å². The van der Waals surface area contributed by atoms with E-state index in [9.17, 15) is 13.2 Å². The number of alkyl halides is 3. The van der Waals surface area contributed by atoms with E-state index in [-0.39, 0.29) is 17.6 Å². The molecule has 0 radical (unpaired) electrons. The molecule has 1 aromatic heterocycles. The lowest BCUT2D eigenvalue weighted by molar-refractivity contribution is -0.137. The Labute approximate surface area is 199 Å². The minimum atomic E-state index is -4.38. The van der Waals surface area contributed by atoms with Crippen LogP contribution in [0.3, 0.4) is 0 Å². The zero-order valence-corrected chi connectivity index (χ0v) is 19.8. The van der Waals surface area contributed by atoms with Gasteiger partial charge in [0.05, 0.1) is 22.9 Å². The first-order valence-electron chi connectivity index (χ1n) is 10.7. The van der Waals surface area contributed by atoms with Crippen LogP contribution in [-0.2, 0) is 26.3 Å². The first-order chi connectivity index (χ1) is 16.0. The molecule has 0 saturated heterocycles. The highest BCUT2D eigenvalue weighted by atomic mass is 32.1. The lowest BCUT2D eigenvalue weighted by Gasteiger charge is -2.17. The van der Waals surface area contributed by atoms with E-state index in [1.165, 1.54) is 12.1 Å². The number of aromatic nitrogens is 2. The van der Waals surface area contributed by atoms with Gasteiger partial charge in [0.25, 0.3) is 0 Å². The average Bonchev–Trinajstić information content (AvgIpc) is 3.12. The normalized spacial score (nSPS) is 15.4. The summed E-state index contributed by atoms with van der Waals surface area (Å²) >= 11 is 5.72. The van der Waals surface area contributed by atoms with Gasteiger partial charge in [0, 0.05) is 19.3 Å². The molecule has 0 aliphatic carbocycles. The minimum Gasteiger partial charge on any atom is -0.367 e. The van der Waals surface area contributed by atoms with Gasteiger partial charge in [-0.15, -0.1) is 0 Å². The summed E-state index contributed by atoms with van der Waals surface area (Å²) in [5.74, 6) is 0.497. The summed E-state index contributed by atoms with van der Waals surface area (Å²) in [5.41, 5.74) is 1.23. The van der Waals surface area contributed by atoms with Gasteiger partial charge < -0.3 is 15.2 Å². The molecule has 10 heteroatoms. The standard InChI is InChI=1S/C24H25F3N6S/c1-23(2)14-33-19(28)18(21(34)32(3)22(33)31-23)20(30-17-7-5-4-6-8-17)29-13-15-9-11-16(12-10-15)24(25,26)27/h4-12,28-30H,13-14H2,1-3H3/b20-18-,28-19?. The molecule has 178 valence electrons. The fourth-order valence-electron chi connectivity index (χ4n) is 3.84. The number of hydrogen-bond acceptors (Lipinski definition) is 5. The Hall–Kier alpha value is -3.40. The lowest BCUT2D eigenvalue weighted by Crippen LogP contribution is -2.50. The second-order valence-electron chi connectivity index (χ2n) is 8.81. The molecule has 1 aliphatic rings. The van der Waals surface area contributed by atoms with Crippen LogP contribution in [0.5, 0.6) is 0 Å². The third-order valence-corrected chi connectivity index (χ3v) is 6.04. The summed E-state index contributed by atoms with van der Waals surface area (Å²) in [4.78, 5) is 4.71. The zero-order chi connectivity index (χ0) is 24.7. The zero-order valence-electron chi connectivity index (χ0n) is 19.0. The molecule has 6 nitrogen and oxygen atoms in total. The van der Waals surface area contributed by atoms with E-state index < -0.39 is 11.7 Å². The first-order valence-corrected chi connectivity index (χ1v) is 11.1. The highest BCUT2D eigenvalue weighted by molar-refractivity contribution is 7.71. The Balaban J connectivity index is 1.81. The summed E-state index contributed by atoms with van der Waals surface area (Å²) in [6.45, 7) is 4.77. The van der Waals surface area contributed by atoms with Crippen molar-refractivity contribution in [3.8, 4) is 0 Å². The van der Waals surface area contributed by atoms with Crippen molar-refractivity contribution in [2.24, 2.45) is 12.0 Å². The van der Waals surface area contributed by atoms with Crippen molar-refractivity contribution in [1.82, 2.24) is 14.5 Å². The Kier molecular flexibility index (Phi) is 6.11. The van der Waals surface area contributed by atoms with E-state index in [1.807, 2.05) is 55.8 Å². The molecule has 2 aromatic carbocycles. The quantitative estimate of drug-likeness (QED) is 0.484. The number of nitrogens with zero attached hydrogens (tertiary/aromatic N) is 3. The number of para-hydroxylation sites is 1. The monoisotopic (exact) mass is 486 g/mol. The summed E-state index contributed by atoms with van der Waals surface area (Å²) in [5, 5.41) is 16.0. The number of halogens is 3. The van der Waals surface area contributed by atoms with Crippen LogP contribution in [0.4, 0.5) is 18.9 Å². The second-order valence-corrected chi connectivity index (χ2v) is 9.20. The molecule has 3 N–H and O–H groups in total. The highest BCUT2D eigenvalue weighted by Crippen LogP contribution is 2.29. The molecule has 4 rings (SSSR count). The number of nitrogens with one attached hydrogen (secondary N) is 3. The molecular weight excluding hydrogens is 461 g/mol. The molecule has 0 spiro atoms. The van der Waals surface area contributed by atoms with Gasteiger partial charge in [-0.3, -0.25) is 9.98 Å². The van der Waals surface area contributed by atoms with Gasteiger partial charge in [-0.1, -0.05) is 42.5 Å².